The number of carbonyl (C=O) groups excluding carboxylic acids is 1. The van der Waals surface area contributed by atoms with Gasteiger partial charge < -0.3 is 5.32 Å². The van der Waals surface area contributed by atoms with Crippen LogP contribution in [0.5, 0.6) is 0 Å². The Kier molecular flexibility index (Phi) is 3.23. The summed E-state index contributed by atoms with van der Waals surface area (Å²) in [5.41, 5.74) is 0. The van der Waals surface area contributed by atoms with Gasteiger partial charge in [-0.3, -0.25) is 4.79 Å². The molecule has 0 saturated heterocycles. The van der Waals surface area contributed by atoms with E-state index in [1.54, 1.807) is 12.1 Å². The molecular formula is C6H6ClNOS2. The number of amides is 1. The minimum Gasteiger partial charge on any atom is -0.317 e. The van der Waals surface area contributed by atoms with E-state index in [2.05, 4.69) is 17.9 Å². The first kappa shape index (κ1) is 8.90. The fourth-order valence-electron chi connectivity index (χ4n) is 0.558. The highest BCUT2D eigenvalue weighted by Gasteiger charge is 2.00. The van der Waals surface area contributed by atoms with Gasteiger partial charge in [0.15, 0.2) is 0 Å². The van der Waals surface area contributed by atoms with Gasteiger partial charge in [0.1, 0.15) is 0 Å². The topological polar surface area (TPSA) is 29.1 Å². The first-order valence-corrected chi connectivity index (χ1v) is 4.71. The number of nitrogens with one attached hydrogen (secondary N) is 1. The van der Waals surface area contributed by atoms with Crippen LogP contribution in [-0.4, -0.2) is 11.7 Å². The fraction of sp³-hybridized carbons (Fsp3) is 0.167. The predicted molar refractivity (Wildman–Crippen MR) is 51.8 cm³/mol. The molecule has 1 N–H and O–H groups in total. The van der Waals surface area contributed by atoms with E-state index in [4.69, 9.17) is 11.6 Å². The minimum atomic E-state index is -0.119. The lowest BCUT2D eigenvalue weighted by molar-refractivity contribution is -0.113. The van der Waals surface area contributed by atoms with Crippen LogP contribution >= 0.6 is 35.6 Å². The summed E-state index contributed by atoms with van der Waals surface area (Å²) in [5.74, 6) is 0.0713. The molecule has 0 unspecified atom stereocenters. The lowest BCUT2D eigenvalue weighted by Crippen LogP contribution is -2.11. The zero-order chi connectivity index (χ0) is 8.27. The van der Waals surface area contributed by atoms with E-state index < -0.39 is 0 Å². The molecule has 0 aromatic carbocycles. The van der Waals surface area contributed by atoms with E-state index in [0.29, 0.717) is 4.34 Å². The summed E-state index contributed by atoms with van der Waals surface area (Å²) in [4.78, 5) is 10.8. The maximum atomic E-state index is 10.8. The van der Waals surface area contributed by atoms with Crippen molar-refractivity contribution in [1.29, 1.82) is 0 Å². The third-order valence-corrected chi connectivity index (χ3v) is 2.41. The molecule has 0 spiro atoms. The van der Waals surface area contributed by atoms with Crippen molar-refractivity contribution in [2.45, 2.75) is 0 Å². The SMILES string of the molecule is O=C(CS)Nc1ccc(Cl)s1. The number of hydrogen-bond donors (Lipinski definition) is 2. The Morgan fingerprint density at radius 1 is 1.73 bits per heavy atom. The molecule has 1 amide bonds. The second-order valence-corrected chi connectivity index (χ2v) is 3.84. The number of carbonyl (C=O) groups is 1. The number of hydrogen-bond acceptors (Lipinski definition) is 3. The summed E-state index contributed by atoms with van der Waals surface area (Å²) in [6.07, 6.45) is 0. The van der Waals surface area contributed by atoms with Crippen molar-refractivity contribution < 1.29 is 4.79 Å². The lowest BCUT2D eigenvalue weighted by Gasteiger charge is -1.96. The van der Waals surface area contributed by atoms with E-state index in [-0.39, 0.29) is 11.7 Å². The van der Waals surface area contributed by atoms with Crippen molar-refractivity contribution in [3.05, 3.63) is 16.5 Å². The number of anilines is 1. The summed E-state index contributed by atoms with van der Waals surface area (Å²) in [6, 6.07) is 3.49. The Hall–Kier alpha value is -0.190. The molecule has 0 aliphatic rings. The monoisotopic (exact) mass is 207 g/mol. The van der Waals surface area contributed by atoms with Gasteiger partial charge in [-0.15, -0.1) is 11.3 Å². The van der Waals surface area contributed by atoms with Crippen LogP contribution in [0.3, 0.4) is 0 Å². The van der Waals surface area contributed by atoms with E-state index in [9.17, 15) is 4.79 Å². The molecule has 0 atom stereocenters. The molecule has 11 heavy (non-hydrogen) atoms. The Labute approximate surface area is 79.0 Å². The van der Waals surface area contributed by atoms with Crippen molar-refractivity contribution in [1.82, 2.24) is 0 Å². The van der Waals surface area contributed by atoms with E-state index in [1.165, 1.54) is 11.3 Å². The first-order valence-electron chi connectivity index (χ1n) is 2.88. The van der Waals surface area contributed by atoms with E-state index >= 15 is 0 Å². The Balaban J connectivity index is 2.57. The molecule has 1 aromatic heterocycles. The van der Waals surface area contributed by atoms with Crippen LogP contribution in [-0.2, 0) is 4.79 Å². The highest BCUT2D eigenvalue weighted by molar-refractivity contribution is 7.81. The van der Waals surface area contributed by atoms with Crippen molar-refractivity contribution in [3.8, 4) is 0 Å². The summed E-state index contributed by atoms with van der Waals surface area (Å²) in [6.45, 7) is 0. The van der Waals surface area contributed by atoms with Crippen molar-refractivity contribution >= 4 is 46.5 Å². The van der Waals surface area contributed by atoms with Gasteiger partial charge in [0.25, 0.3) is 0 Å². The van der Waals surface area contributed by atoms with Gasteiger partial charge in [0.2, 0.25) is 5.91 Å². The van der Waals surface area contributed by atoms with Gasteiger partial charge in [-0.05, 0) is 12.1 Å². The second-order valence-electron chi connectivity index (χ2n) is 1.81. The van der Waals surface area contributed by atoms with Crippen LogP contribution in [0.15, 0.2) is 12.1 Å². The van der Waals surface area contributed by atoms with Gasteiger partial charge in [-0.2, -0.15) is 12.6 Å². The molecular weight excluding hydrogens is 202 g/mol. The van der Waals surface area contributed by atoms with Crippen LogP contribution in [0.1, 0.15) is 0 Å². The predicted octanol–water partition coefficient (Wildman–Crippen LogP) is 2.27. The summed E-state index contributed by atoms with van der Waals surface area (Å²) in [7, 11) is 0. The number of thiol groups is 1. The average molecular weight is 208 g/mol. The number of thiophene rings is 1. The smallest absolute Gasteiger partial charge is 0.234 e. The molecule has 0 bridgehead atoms. The normalized spacial score (nSPS) is 9.64. The van der Waals surface area contributed by atoms with E-state index in [1.807, 2.05) is 0 Å². The highest BCUT2D eigenvalue weighted by Crippen LogP contribution is 2.25. The average Bonchev–Trinajstić information content (AvgIpc) is 2.35. The molecule has 60 valence electrons. The van der Waals surface area contributed by atoms with Gasteiger partial charge in [-0.25, -0.2) is 0 Å². The van der Waals surface area contributed by atoms with Crippen LogP contribution < -0.4 is 5.32 Å². The van der Waals surface area contributed by atoms with Gasteiger partial charge >= 0.3 is 0 Å². The number of halogens is 1. The van der Waals surface area contributed by atoms with Gasteiger partial charge in [-0.1, -0.05) is 11.6 Å². The quantitative estimate of drug-likeness (QED) is 0.716. The van der Waals surface area contributed by atoms with Crippen molar-refractivity contribution in [2.75, 3.05) is 11.1 Å². The van der Waals surface area contributed by atoms with Gasteiger partial charge in [0.05, 0.1) is 15.1 Å². The largest absolute Gasteiger partial charge is 0.317 e. The molecule has 1 rings (SSSR count). The van der Waals surface area contributed by atoms with Crippen LogP contribution in [0.4, 0.5) is 5.00 Å². The molecule has 5 heteroatoms. The molecule has 0 aliphatic carbocycles. The molecule has 1 aromatic rings. The Bertz CT molecular complexity index is 261. The number of rotatable bonds is 2. The standard InChI is InChI=1S/C6H6ClNOS2/c7-4-1-2-6(11-4)8-5(9)3-10/h1-2,10H,3H2,(H,8,9). The summed E-state index contributed by atoms with van der Waals surface area (Å²) < 4.78 is 0.666. The van der Waals surface area contributed by atoms with E-state index in [0.717, 1.165) is 5.00 Å². The van der Waals surface area contributed by atoms with Crippen molar-refractivity contribution in [3.63, 3.8) is 0 Å². The maximum Gasteiger partial charge on any atom is 0.234 e. The maximum absolute atomic E-state index is 10.8. The second kappa shape index (κ2) is 3.99. The summed E-state index contributed by atoms with van der Waals surface area (Å²) >= 11 is 10.8. The molecule has 2 nitrogen and oxygen atoms in total. The fourth-order valence-corrected chi connectivity index (χ4v) is 1.60. The first-order chi connectivity index (χ1) is 5.22. The van der Waals surface area contributed by atoms with Crippen LogP contribution in [0.25, 0.3) is 0 Å². The third kappa shape index (κ3) is 2.73. The third-order valence-electron chi connectivity index (χ3n) is 0.979. The lowest BCUT2D eigenvalue weighted by atomic mass is 10.6. The molecule has 0 aliphatic heterocycles. The minimum absolute atomic E-state index is 0.119. The van der Waals surface area contributed by atoms with Crippen molar-refractivity contribution in [2.24, 2.45) is 0 Å². The van der Waals surface area contributed by atoms with Gasteiger partial charge in [0, 0.05) is 0 Å². The molecule has 1 heterocycles. The molecule has 0 radical (unpaired) electrons. The summed E-state index contributed by atoms with van der Waals surface area (Å²) in [5, 5.41) is 3.39. The Morgan fingerprint density at radius 2 is 2.45 bits per heavy atom. The van der Waals surface area contributed by atoms with Crippen LogP contribution in [0.2, 0.25) is 4.34 Å². The molecule has 0 fully saturated rings. The zero-order valence-electron chi connectivity index (χ0n) is 5.50. The Morgan fingerprint density at radius 3 is 2.91 bits per heavy atom. The molecule has 0 saturated carbocycles. The highest BCUT2D eigenvalue weighted by atomic mass is 35.5. The van der Waals surface area contributed by atoms with Crippen LogP contribution in [0, 0.1) is 0 Å². The zero-order valence-corrected chi connectivity index (χ0v) is 7.97.